The topological polar surface area (TPSA) is 15.7 Å². The lowest BCUT2D eigenvalue weighted by atomic mass is 9.86. The van der Waals surface area contributed by atoms with E-state index >= 15 is 0 Å². The molecular weight excluding hydrogens is 356 g/mol. The number of methoxy groups -OCH3 is 1. The molecule has 0 amide bonds. The lowest BCUT2D eigenvalue weighted by Gasteiger charge is -2.42. The highest BCUT2D eigenvalue weighted by Gasteiger charge is 2.55. The average molecular weight is 385 g/mol. The number of hydrogen-bond acceptors (Lipinski definition) is 3. The van der Waals surface area contributed by atoms with E-state index in [1.807, 2.05) is 19.2 Å². The second-order valence-corrected chi connectivity index (χ2v) is 8.30. The normalized spacial score (nSPS) is 27.9. The van der Waals surface area contributed by atoms with E-state index in [1.54, 1.807) is 0 Å². The predicted octanol–water partition coefficient (Wildman–Crippen LogP) is 5.42. The summed E-state index contributed by atoms with van der Waals surface area (Å²) in [6.07, 6.45) is 6.55. The van der Waals surface area contributed by atoms with Gasteiger partial charge < -0.3 is 4.74 Å². The van der Waals surface area contributed by atoms with Crippen LogP contribution in [0.5, 0.6) is 0 Å². The van der Waals surface area contributed by atoms with Crippen molar-refractivity contribution < 1.29 is 4.74 Å². The van der Waals surface area contributed by atoms with E-state index < -0.39 is 5.72 Å². The fourth-order valence-corrected chi connectivity index (χ4v) is 5.23. The van der Waals surface area contributed by atoms with Crippen molar-refractivity contribution >= 4 is 11.6 Å². The monoisotopic (exact) mass is 384 g/mol. The van der Waals surface area contributed by atoms with Gasteiger partial charge in [-0.3, -0.25) is 9.80 Å². The SMILES string of the molecule is COC1(c2ccccc2)C(c2ccc(Cl)cc2)N(C2CCCCC2)CN1C. The molecule has 2 atom stereocenters. The van der Waals surface area contributed by atoms with Gasteiger partial charge in [-0.05, 0) is 37.6 Å². The van der Waals surface area contributed by atoms with Gasteiger partial charge in [0.1, 0.15) is 0 Å². The summed E-state index contributed by atoms with van der Waals surface area (Å²) in [5.41, 5.74) is 1.96. The molecule has 0 aromatic heterocycles. The van der Waals surface area contributed by atoms with Crippen molar-refractivity contribution in [1.82, 2.24) is 9.80 Å². The minimum absolute atomic E-state index is 0.135. The second-order valence-electron chi connectivity index (χ2n) is 7.87. The fourth-order valence-electron chi connectivity index (χ4n) is 5.11. The van der Waals surface area contributed by atoms with E-state index in [1.165, 1.54) is 43.2 Å². The van der Waals surface area contributed by atoms with Gasteiger partial charge in [0.2, 0.25) is 0 Å². The van der Waals surface area contributed by atoms with Crippen molar-refractivity contribution in [3.63, 3.8) is 0 Å². The lowest BCUT2D eigenvalue weighted by molar-refractivity contribution is -0.126. The molecule has 4 heteroatoms. The van der Waals surface area contributed by atoms with E-state index in [0.29, 0.717) is 6.04 Å². The highest BCUT2D eigenvalue weighted by molar-refractivity contribution is 6.30. The smallest absolute Gasteiger partial charge is 0.168 e. The zero-order valence-corrected chi connectivity index (χ0v) is 17.0. The molecule has 0 radical (unpaired) electrons. The van der Waals surface area contributed by atoms with Gasteiger partial charge in [0, 0.05) is 23.7 Å². The Hall–Kier alpha value is -1.39. The van der Waals surface area contributed by atoms with Crippen LogP contribution in [0.25, 0.3) is 0 Å². The minimum Gasteiger partial charge on any atom is -0.357 e. The maximum absolute atomic E-state index is 6.37. The summed E-state index contributed by atoms with van der Waals surface area (Å²) in [6.45, 7) is 0.903. The molecule has 2 unspecified atom stereocenters. The third-order valence-electron chi connectivity index (χ3n) is 6.37. The molecule has 3 nitrogen and oxygen atoms in total. The van der Waals surface area contributed by atoms with Crippen LogP contribution in [0.1, 0.15) is 49.3 Å². The third-order valence-corrected chi connectivity index (χ3v) is 6.62. The Labute approximate surface area is 167 Å². The molecule has 1 aliphatic carbocycles. The van der Waals surface area contributed by atoms with Gasteiger partial charge in [0.25, 0.3) is 0 Å². The highest BCUT2D eigenvalue weighted by Crippen LogP contribution is 2.51. The number of hydrogen-bond donors (Lipinski definition) is 0. The Morgan fingerprint density at radius 1 is 0.963 bits per heavy atom. The van der Waals surface area contributed by atoms with Crippen molar-refractivity contribution in [2.75, 3.05) is 20.8 Å². The number of rotatable bonds is 4. The predicted molar refractivity (Wildman–Crippen MR) is 111 cm³/mol. The van der Waals surface area contributed by atoms with Crippen LogP contribution in [0.2, 0.25) is 5.02 Å². The molecular formula is C23H29ClN2O. The van der Waals surface area contributed by atoms with E-state index in [-0.39, 0.29) is 6.04 Å². The largest absolute Gasteiger partial charge is 0.357 e. The molecule has 2 aliphatic rings. The lowest BCUT2D eigenvalue weighted by Crippen LogP contribution is -2.45. The minimum atomic E-state index is -0.507. The highest BCUT2D eigenvalue weighted by atomic mass is 35.5. The number of nitrogens with zero attached hydrogens (tertiary/aromatic N) is 2. The zero-order valence-electron chi connectivity index (χ0n) is 16.3. The summed E-state index contributed by atoms with van der Waals surface area (Å²) in [5, 5.41) is 0.775. The third kappa shape index (κ3) is 3.31. The maximum atomic E-state index is 6.37. The van der Waals surface area contributed by atoms with Crippen molar-refractivity contribution in [2.45, 2.75) is 49.9 Å². The molecule has 1 aliphatic heterocycles. The van der Waals surface area contributed by atoms with Gasteiger partial charge in [-0.15, -0.1) is 0 Å². The Bertz CT molecular complexity index is 745. The van der Waals surface area contributed by atoms with Crippen LogP contribution in [0.4, 0.5) is 0 Å². The fraction of sp³-hybridized carbons (Fsp3) is 0.478. The van der Waals surface area contributed by atoms with Crippen LogP contribution < -0.4 is 0 Å². The number of benzene rings is 2. The van der Waals surface area contributed by atoms with Gasteiger partial charge in [-0.25, -0.2) is 0 Å². The molecule has 0 spiro atoms. The molecule has 1 saturated heterocycles. The van der Waals surface area contributed by atoms with Gasteiger partial charge in [0.15, 0.2) is 5.72 Å². The Kier molecular flexibility index (Phi) is 5.56. The van der Waals surface area contributed by atoms with E-state index in [2.05, 4.69) is 59.3 Å². The molecule has 4 rings (SSSR count). The first-order valence-electron chi connectivity index (χ1n) is 10.00. The number of ether oxygens (including phenoxy) is 1. The van der Waals surface area contributed by atoms with Crippen LogP contribution in [-0.4, -0.2) is 36.7 Å². The van der Waals surface area contributed by atoms with Crippen LogP contribution in [0.3, 0.4) is 0 Å². The summed E-state index contributed by atoms with van der Waals surface area (Å²) in [4.78, 5) is 5.04. The van der Waals surface area contributed by atoms with Crippen LogP contribution in [0.15, 0.2) is 54.6 Å². The van der Waals surface area contributed by atoms with Gasteiger partial charge in [0.05, 0.1) is 12.7 Å². The molecule has 0 bridgehead atoms. The van der Waals surface area contributed by atoms with Gasteiger partial charge in [-0.1, -0.05) is 73.3 Å². The van der Waals surface area contributed by atoms with E-state index in [0.717, 1.165) is 11.7 Å². The summed E-state index contributed by atoms with van der Waals surface area (Å²) in [5.74, 6) is 0. The van der Waals surface area contributed by atoms with Crippen molar-refractivity contribution in [2.24, 2.45) is 0 Å². The van der Waals surface area contributed by atoms with Crippen LogP contribution in [0, 0.1) is 0 Å². The summed E-state index contributed by atoms with van der Waals surface area (Å²) < 4.78 is 6.37. The molecule has 0 N–H and O–H groups in total. The van der Waals surface area contributed by atoms with E-state index in [4.69, 9.17) is 16.3 Å². The molecule has 1 saturated carbocycles. The van der Waals surface area contributed by atoms with E-state index in [9.17, 15) is 0 Å². The summed E-state index contributed by atoms with van der Waals surface area (Å²) in [6, 6.07) is 19.7. The average Bonchev–Trinajstić information content (AvgIpc) is 3.03. The van der Waals surface area contributed by atoms with Crippen molar-refractivity contribution in [3.8, 4) is 0 Å². The van der Waals surface area contributed by atoms with Crippen LogP contribution >= 0.6 is 11.6 Å². The molecule has 144 valence electrons. The first kappa shape index (κ1) is 18.9. The Morgan fingerprint density at radius 3 is 2.26 bits per heavy atom. The Balaban J connectivity index is 1.83. The first-order chi connectivity index (χ1) is 13.2. The van der Waals surface area contributed by atoms with Crippen LogP contribution in [-0.2, 0) is 10.5 Å². The number of likely N-dealkylation sites (N-methyl/N-ethyl adjacent to an activating group) is 1. The number of halogens is 1. The molecule has 2 aromatic rings. The second kappa shape index (κ2) is 7.92. The first-order valence-corrected chi connectivity index (χ1v) is 10.4. The summed E-state index contributed by atoms with van der Waals surface area (Å²) in [7, 11) is 4.03. The summed E-state index contributed by atoms with van der Waals surface area (Å²) >= 11 is 6.20. The standard InChI is InChI=1S/C23H29ClN2O/c1-25-17-26(21-11-7-4-8-12-21)22(18-13-15-20(24)16-14-18)23(25,27-2)19-9-5-3-6-10-19/h3,5-6,9-10,13-16,21-22H,4,7-8,11-12,17H2,1-2H3. The molecule has 27 heavy (non-hydrogen) atoms. The molecule has 2 fully saturated rings. The maximum Gasteiger partial charge on any atom is 0.168 e. The Morgan fingerprint density at radius 2 is 1.63 bits per heavy atom. The molecule has 1 heterocycles. The van der Waals surface area contributed by atoms with Gasteiger partial charge in [-0.2, -0.15) is 0 Å². The van der Waals surface area contributed by atoms with Crippen molar-refractivity contribution in [1.29, 1.82) is 0 Å². The van der Waals surface area contributed by atoms with Crippen molar-refractivity contribution in [3.05, 3.63) is 70.7 Å². The zero-order chi connectivity index (χ0) is 18.9. The molecule has 2 aromatic carbocycles. The van der Waals surface area contributed by atoms with Gasteiger partial charge >= 0.3 is 0 Å². The quantitative estimate of drug-likeness (QED) is 0.700.